The predicted molar refractivity (Wildman–Crippen MR) is 49.9 cm³/mol. The number of aromatic nitrogens is 1. The lowest BCUT2D eigenvalue weighted by atomic mass is 10.1. The summed E-state index contributed by atoms with van der Waals surface area (Å²) >= 11 is 0. The van der Waals surface area contributed by atoms with Crippen molar-refractivity contribution in [3.05, 3.63) is 24.0 Å². The molecule has 1 aromatic rings. The number of nitrogens with zero attached hydrogens (tertiary/aromatic N) is 2. The minimum atomic E-state index is 0.541. The normalized spacial score (nSPS) is 14.8. The van der Waals surface area contributed by atoms with E-state index in [1.807, 2.05) is 18.3 Å². The van der Waals surface area contributed by atoms with Crippen molar-refractivity contribution in [3.63, 3.8) is 0 Å². The van der Waals surface area contributed by atoms with Crippen molar-refractivity contribution in [1.29, 1.82) is 0 Å². The van der Waals surface area contributed by atoms with Crippen LogP contribution in [-0.2, 0) is 6.42 Å². The van der Waals surface area contributed by atoms with Gasteiger partial charge in [0.15, 0.2) is 0 Å². The number of rotatable bonds is 1. The molecular weight excluding hydrogens is 148 g/mol. The minimum Gasteiger partial charge on any atom is -0.259 e. The summed E-state index contributed by atoms with van der Waals surface area (Å²) in [5.41, 5.74) is 3.44. The summed E-state index contributed by atoms with van der Waals surface area (Å²) in [6.45, 7) is 4.34. The van der Waals surface area contributed by atoms with Gasteiger partial charge in [0.25, 0.3) is 0 Å². The molecule has 0 saturated carbocycles. The van der Waals surface area contributed by atoms with Crippen LogP contribution in [0.3, 0.4) is 0 Å². The van der Waals surface area contributed by atoms with Crippen LogP contribution in [0.5, 0.6) is 0 Å². The van der Waals surface area contributed by atoms with Gasteiger partial charge in [-0.25, -0.2) is 0 Å². The zero-order valence-electron chi connectivity index (χ0n) is 7.41. The van der Waals surface area contributed by atoms with Gasteiger partial charge in [0, 0.05) is 18.3 Å². The van der Waals surface area contributed by atoms with Gasteiger partial charge in [-0.15, -0.1) is 0 Å². The summed E-state index contributed by atoms with van der Waals surface area (Å²) in [7, 11) is 0. The Hall–Kier alpha value is -1.18. The molecule has 2 heterocycles. The van der Waals surface area contributed by atoms with Crippen LogP contribution in [0.2, 0.25) is 0 Å². The SMILES string of the molecule is CC(C)C1=Nc2cccnc2C1. The molecule has 0 saturated heterocycles. The second-order valence-electron chi connectivity index (χ2n) is 3.40. The second kappa shape index (κ2) is 2.70. The van der Waals surface area contributed by atoms with Gasteiger partial charge in [-0.1, -0.05) is 13.8 Å². The third kappa shape index (κ3) is 1.13. The number of fused-ring (bicyclic) bond motifs is 1. The first kappa shape index (κ1) is 7.47. The molecule has 12 heavy (non-hydrogen) atoms. The Labute approximate surface area is 72.4 Å². The first-order valence-electron chi connectivity index (χ1n) is 4.28. The maximum Gasteiger partial charge on any atom is 0.0848 e. The Morgan fingerprint density at radius 2 is 2.25 bits per heavy atom. The van der Waals surface area contributed by atoms with Crippen LogP contribution < -0.4 is 0 Å². The summed E-state index contributed by atoms with van der Waals surface area (Å²) in [5.74, 6) is 0.541. The quantitative estimate of drug-likeness (QED) is 0.619. The van der Waals surface area contributed by atoms with Crippen molar-refractivity contribution >= 4 is 11.4 Å². The number of aliphatic imine (C=N–C) groups is 1. The molecule has 0 aliphatic carbocycles. The zero-order valence-corrected chi connectivity index (χ0v) is 7.41. The van der Waals surface area contributed by atoms with E-state index in [1.54, 1.807) is 0 Å². The van der Waals surface area contributed by atoms with Gasteiger partial charge >= 0.3 is 0 Å². The smallest absolute Gasteiger partial charge is 0.0848 e. The van der Waals surface area contributed by atoms with Crippen molar-refractivity contribution in [2.45, 2.75) is 20.3 Å². The second-order valence-corrected chi connectivity index (χ2v) is 3.40. The van der Waals surface area contributed by atoms with E-state index in [2.05, 4.69) is 23.8 Å². The highest BCUT2D eigenvalue weighted by molar-refractivity contribution is 5.94. The average molecular weight is 160 g/mol. The molecule has 2 rings (SSSR count). The first-order valence-corrected chi connectivity index (χ1v) is 4.28. The average Bonchev–Trinajstić information content (AvgIpc) is 2.46. The lowest BCUT2D eigenvalue weighted by molar-refractivity contribution is 0.868. The van der Waals surface area contributed by atoms with Crippen molar-refractivity contribution in [2.24, 2.45) is 10.9 Å². The van der Waals surface area contributed by atoms with Gasteiger partial charge in [0.2, 0.25) is 0 Å². The fourth-order valence-corrected chi connectivity index (χ4v) is 1.37. The van der Waals surface area contributed by atoms with Gasteiger partial charge in [-0.3, -0.25) is 9.98 Å². The van der Waals surface area contributed by atoms with E-state index in [4.69, 9.17) is 0 Å². The standard InChI is InChI=1S/C10H12N2/c1-7(2)9-6-10-8(12-9)4-3-5-11-10/h3-5,7H,6H2,1-2H3. The molecule has 0 N–H and O–H groups in total. The van der Waals surface area contributed by atoms with Crippen LogP contribution in [0.15, 0.2) is 23.3 Å². The largest absolute Gasteiger partial charge is 0.259 e. The fraction of sp³-hybridized carbons (Fsp3) is 0.400. The lowest BCUT2D eigenvalue weighted by Gasteiger charge is -2.00. The molecule has 0 aromatic carbocycles. The molecule has 1 aromatic heterocycles. The van der Waals surface area contributed by atoms with Gasteiger partial charge in [0.05, 0.1) is 11.4 Å². The molecule has 0 radical (unpaired) electrons. The van der Waals surface area contributed by atoms with Gasteiger partial charge < -0.3 is 0 Å². The van der Waals surface area contributed by atoms with Crippen molar-refractivity contribution in [3.8, 4) is 0 Å². The zero-order chi connectivity index (χ0) is 8.55. The highest BCUT2D eigenvalue weighted by atomic mass is 14.9. The van der Waals surface area contributed by atoms with Crippen LogP contribution in [0.25, 0.3) is 0 Å². The highest BCUT2D eigenvalue weighted by Crippen LogP contribution is 2.26. The predicted octanol–water partition coefficient (Wildman–Crippen LogP) is 2.37. The summed E-state index contributed by atoms with van der Waals surface area (Å²) < 4.78 is 0. The third-order valence-electron chi connectivity index (χ3n) is 2.15. The molecule has 0 amide bonds. The van der Waals surface area contributed by atoms with Gasteiger partial charge in [0.1, 0.15) is 0 Å². The minimum absolute atomic E-state index is 0.541. The third-order valence-corrected chi connectivity index (χ3v) is 2.15. The molecule has 2 heteroatoms. The van der Waals surface area contributed by atoms with E-state index in [1.165, 1.54) is 5.71 Å². The van der Waals surface area contributed by atoms with Crippen molar-refractivity contribution in [1.82, 2.24) is 4.98 Å². The molecule has 0 atom stereocenters. The summed E-state index contributed by atoms with van der Waals surface area (Å²) in [6.07, 6.45) is 2.77. The maximum absolute atomic E-state index is 4.51. The van der Waals surface area contributed by atoms with Gasteiger partial charge in [-0.05, 0) is 18.1 Å². The number of hydrogen-bond donors (Lipinski definition) is 0. The van der Waals surface area contributed by atoms with Gasteiger partial charge in [-0.2, -0.15) is 0 Å². The van der Waals surface area contributed by atoms with Crippen molar-refractivity contribution < 1.29 is 0 Å². The summed E-state index contributed by atoms with van der Waals surface area (Å²) in [5, 5.41) is 0. The van der Waals surface area contributed by atoms with E-state index in [9.17, 15) is 0 Å². The Bertz CT molecular complexity index is 326. The van der Waals surface area contributed by atoms with Crippen molar-refractivity contribution in [2.75, 3.05) is 0 Å². The van der Waals surface area contributed by atoms with Crippen LogP contribution >= 0.6 is 0 Å². The lowest BCUT2D eigenvalue weighted by Crippen LogP contribution is -2.06. The van der Waals surface area contributed by atoms with Crippen LogP contribution in [0.1, 0.15) is 19.5 Å². The monoisotopic (exact) mass is 160 g/mol. The molecule has 1 aliphatic rings. The van der Waals surface area contributed by atoms with E-state index in [0.29, 0.717) is 5.92 Å². The van der Waals surface area contributed by atoms with Crippen LogP contribution in [0, 0.1) is 5.92 Å². The summed E-state index contributed by atoms with van der Waals surface area (Å²) in [6, 6.07) is 3.96. The number of hydrogen-bond acceptors (Lipinski definition) is 2. The molecule has 1 aliphatic heterocycles. The van der Waals surface area contributed by atoms with Crippen LogP contribution in [-0.4, -0.2) is 10.7 Å². The Kier molecular flexibility index (Phi) is 1.68. The maximum atomic E-state index is 4.51. The van der Waals surface area contributed by atoms with Crippen LogP contribution in [0.4, 0.5) is 5.69 Å². The number of pyridine rings is 1. The van der Waals surface area contributed by atoms with E-state index < -0.39 is 0 Å². The molecule has 0 fully saturated rings. The molecule has 62 valence electrons. The van der Waals surface area contributed by atoms with E-state index in [0.717, 1.165) is 17.8 Å². The first-order chi connectivity index (χ1) is 5.77. The Morgan fingerprint density at radius 1 is 1.42 bits per heavy atom. The highest BCUT2D eigenvalue weighted by Gasteiger charge is 2.16. The fourth-order valence-electron chi connectivity index (χ4n) is 1.37. The molecule has 2 nitrogen and oxygen atoms in total. The van der Waals surface area contributed by atoms with E-state index in [-0.39, 0.29) is 0 Å². The Balaban J connectivity index is 2.35. The summed E-state index contributed by atoms with van der Waals surface area (Å²) in [4.78, 5) is 8.78. The molecule has 0 spiro atoms. The Morgan fingerprint density at radius 3 is 2.92 bits per heavy atom. The molecular formula is C10H12N2. The van der Waals surface area contributed by atoms with E-state index >= 15 is 0 Å². The molecule has 0 bridgehead atoms. The topological polar surface area (TPSA) is 25.2 Å². The molecule has 0 unspecified atom stereocenters.